The maximum Gasteiger partial charge on any atom is 0.254 e. The van der Waals surface area contributed by atoms with E-state index in [4.69, 9.17) is 0 Å². The monoisotopic (exact) mass is 532 g/mol. The van der Waals surface area contributed by atoms with Gasteiger partial charge in [-0.2, -0.15) is 4.31 Å². The quantitative estimate of drug-likeness (QED) is 0.558. The number of thiazole rings is 1. The van der Waals surface area contributed by atoms with Crippen molar-refractivity contribution in [2.45, 2.75) is 42.9 Å². The largest absolute Gasteiger partial charge is 0.345 e. The van der Waals surface area contributed by atoms with E-state index in [1.165, 1.54) is 28.7 Å². The number of piperidine rings is 1. The van der Waals surface area contributed by atoms with Crippen LogP contribution in [-0.4, -0.2) is 78.5 Å². The average Bonchev–Trinajstić information content (AvgIpc) is 3.56. The maximum atomic E-state index is 13.4. The first-order chi connectivity index (χ1) is 17.3. The smallest absolute Gasteiger partial charge is 0.254 e. The van der Waals surface area contributed by atoms with E-state index >= 15 is 0 Å². The van der Waals surface area contributed by atoms with Crippen molar-refractivity contribution in [2.24, 2.45) is 0 Å². The minimum absolute atomic E-state index is 0.0745. The molecular formula is C25H33FN6O2S2. The molecule has 1 unspecified atom stereocenters. The van der Waals surface area contributed by atoms with Crippen molar-refractivity contribution < 1.29 is 12.8 Å². The van der Waals surface area contributed by atoms with Crippen molar-refractivity contribution in [1.29, 1.82) is 0 Å². The third-order valence-corrected chi connectivity index (χ3v) is 10.7. The van der Waals surface area contributed by atoms with Crippen LogP contribution in [0.1, 0.15) is 44.3 Å². The van der Waals surface area contributed by atoms with Crippen LogP contribution < -0.4 is 4.90 Å². The number of hydrogen-bond donors (Lipinski definition) is 0. The first-order valence-corrected chi connectivity index (χ1v) is 14.7. The Morgan fingerprint density at radius 2 is 1.78 bits per heavy atom. The molecule has 0 bridgehead atoms. The maximum absolute atomic E-state index is 13.4. The molecule has 8 nitrogen and oxygen atoms in total. The Morgan fingerprint density at radius 1 is 1.03 bits per heavy atom. The topological polar surface area (TPSA) is 74.6 Å². The molecule has 4 heterocycles. The third-order valence-electron chi connectivity index (χ3n) is 7.34. The van der Waals surface area contributed by atoms with Gasteiger partial charge in [0, 0.05) is 45.7 Å². The van der Waals surface area contributed by atoms with Crippen LogP contribution >= 0.6 is 11.3 Å². The SMILES string of the molecule is CC(C1=CC=C(F)CC1)n1cncc1C=C1CCN(S(=O)(=O)c2cnc(N3CCN(C)CC3)s2)CC1. The number of sulfonamides is 1. The first kappa shape index (κ1) is 25.3. The van der Waals surface area contributed by atoms with Gasteiger partial charge in [-0.15, -0.1) is 0 Å². The molecule has 0 radical (unpaired) electrons. The lowest BCUT2D eigenvalue weighted by atomic mass is 9.98. The van der Waals surface area contributed by atoms with E-state index in [0.717, 1.165) is 37.0 Å². The summed E-state index contributed by atoms with van der Waals surface area (Å²) < 4.78 is 44.0. The highest BCUT2D eigenvalue weighted by atomic mass is 32.2. The molecule has 11 heteroatoms. The molecule has 0 amide bonds. The van der Waals surface area contributed by atoms with E-state index in [-0.39, 0.29) is 11.9 Å². The van der Waals surface area contributed by atoms with Crippen LogP contribution in [0.2, 0.25) is 0 Å². The zero-order chi connectivity index (χ0) is 25.3. The van der Waals surface area contributed by atoms with Gasteiger partial charge < -0.3 is 14.4 Å². The van der Waals surface area contributed by atoms with Crippen LogP contribution in [0.25, 0.3) is 6.08 Å². The number of halogens is 1. The molecule has 194 valence electrons. The summed E-state index contributed by atoms with van der Waals surface area (Å²) >= 11 is 1.27. The fourth-order valence-corrected chi connectivity index (χ4v) is 7.68. The fourth-order valence-electron chi connectivity index (χ4n) is 4.91. The second-order valence-corrected chi connectivity index (χ2v) is 12.9. The van der Waals surface area contributed by atoms with Crippen molar-refractivity contribution >= 4 is 32.6 Å². The molecule has 2 saturated heterocycles. The molecule has 2 aliphatic heterocycles. The second kappa shape index (κ2) is 10.6. The van der Waals surface area contributed by atoms with Crippen molar-refractivity contribution in [3.63, 3.8) is 0 Å². The lowest BCUT2D eigenvalue weighted by Gasteiger charge is -2.32. The summed E-state index contributed by atoms with van der Waals surface area (Å²) in [5.41, 5.74) is 3.38. The van der Waals surface area contributed by atoms with Crippen LogP contribution in [0.5, 0.6) is 0 Å². The van der Waals surface area contributed by atoms with Gasteiger partial charge in [-0.25, -0.2) is 22.8 Å². The lowest BCUT2D eigenvalue weighted by molar-refractivity contribution is 0.313. The van der Waals surface area contributed by atoms with Gasteiger partial charge in [0.1, 0.15) is 5.83 Å². The van der Waals surface area contributed by atoms with E-state index < -0.39 is 10.0 Å². The third kappa shape index (κ3) is 5.34. The summed E-state index contributed by atoms with van der Waals surface area (Å²) in [6, 6.07) is 0.0880. The van der Waals surface area contributed by atoms with Crippen molar-refractivity contribution in [2.75, 3.05) is 51.2 Å². The fraction of sp³-hybridized carbons (Fsp3) is 0.520. The van der Waals surface area contributed by atoms with Gasteiger partial charge in [0.25, 0.3) is 10.0 Å². The molecule has 1 atom stereocenters. The summed E-state index contributed by atoms with van der Waals surface area (Å²) in [7, 11) is -1.46. The molecule has 2 fully saturated rings. The Kier molecular flexibility index (Phi) is 7.43. The molecule has 0 N–H and O–H groups in total. The van der Waals surface area contributed by atoms with Gasteiger partial charge in [0.05, 0.1) is 30.5 Å². The minimum Gasteiger partial charge on any atom is -0.345 e. The van der Waals surface area contributed by atoms with E-state index in [0.29, 0.717) is 43.0 Å². The van der Waals surface area contributed by atoms with Crippen LogP contribution in [-0.2, 0) is 10.0 Å². The molecule has 2 aromatic heterocycles. The van der Waals surface area contributed by atoms with Gasteiger partial charge in [-0.05, 0) is 51.0 Å². The van der Waals surface area contributed by atoms with E-state index in [1.807, 2.05) is 18.6 Å². The minimum atomic E-state index is -3.55. The normalized spacial score (nSPS) is 21.3. The number of anilines is 1. The molecule has 0 aromatic carbocycles. The summed E-state index contributed by atoms with van der Waals surface area (Å²) in [6.45, 7) is 6.64. The molecule has 36 heavy (non-hydrogen) atoms. The summed E-state index contributed by atoms with van der Waals surface area (Å²) in [6.07, 6.45) is 13.2. The van der Waals surface area contributed by atoms with Crippen LogP contribution in [0.4, 0.5) is 9.52 Å². The highest BCUT2D eigenvalue weighted by Gasteiger charge is 2.30. The van der Waals surface area contributed by atoms with Crippen molar-refractivity contribution in [1.82, 2.24) is 23.7 Å². The zero-order valence-corrected chi connectivity index (χ0v) is 22.4. The average molecular weight is 533 g/mol. The van der Waals surface area contributed by atoms with Gasteiger partial charge >= 0.3 is 0 Å². The number of piperazine rings is 1. The molecule has 2 aromatic rings. The number of allylic oxidation sites excluding steroid dienone is 4. The Morgan fingerprint density at radius 3 is 2.47 bits per heavy atom. The number of rotatable bonds is 6. The van der Waals surface area contributed by atoms with Crippen LogP contribution in [0.15, 0.2) is 52.1 Å². The van der Waals surface area contributed by atoms with Crippen molar-refractivity contribution in [3.05, 3.63) is 53.5 Å². The molecule has 0 spiro atoms. The number of imidazole rings is 1. The first-order valence-electron chi connectivity index (χ1n) is 12.5. The van der Waals surface area contributed by atoms with Crippen LogP contribution in [0.3, 0.4) is 0 Å². The van der Waals surface area contributed by atoms with Crippen LogP contribution in [0, 0.1) is 0 Å². The molecule has 5 rings (SSSR count). The van der Waals surface area contributed by atoms with Gasteiger partial charge in [-0.3, -0.25) is 0 Å². The summed E-state index contributed by atoms with van der Waals surface area (Å²) in [5.74, 6) is -0.0745. The lowest BCUT2D eigenvalue weighted by Crippen LogP contribution is -2.44. The second-order valence-electron chi connectivity index (χ2n) is 9.72. The predicted molar refractivity (Wildman–Crippen MR) is 141 cm³/mol. The summed E-state index contributed by atoms with van der Waals surface area (Å²) in [5, 5.41) is 0.785. The Bertz CT molecular complexity index is 1280. The van der Waals surface area contributed by atoms with Gasteiger partial charge in [0.2, 0.25) is 0 Å². The Labute approximate surface area is 216 Å². The van der Waals surface area contributed by atoms with E-state index in [2.05, 4.69) is 44.4 Å². The number of nitrogens with zero attached hydrogens (tertiary/aromatic N) is 6. The Balaban J connectivity index is 1.23. The van der Waals surface area contributed by atoms with E-state index in [9.17, 15) is 12.8 Å². The predicted octanol–water partition coefficient (Wildman–Crippen LogP) is 4.09. The van der Waals surface area contributed by atoms with Gasteiger partial charge in [-0.1, -0.05) is 23.0 Å². The molecular weight excluding hydrogens is 499 g/mol. The molecule has 1 aliphatic carbocycles. The highest BCUT2D eigenvalue weighted by Crippen LogP contribution is 2.33. The van der Waals surface area contributed by atoms with Gasteiger partial charge in [0.15, 0.2) is 9.34 Å². The Hall–Kier alpha value is -2.34. The molecule has 0 saturated carbocycles. The van der Waals surface area contributed by atoms with E-state index in [1.54, 1.807) is 10.4 Å². The summed E-state index contributed by atoms with van der Waals surface area (Å²) in [4.78, 5) is 13.2. The van der Waals surface area contributed by atoms with Crippen molar-refractivity contribution in [3.8, 4) is 0 Å². The zero-order valence-electron chi connectivity index (χ0n) is 20.8. The molecule has 3 aliphatic rings. The number of likely N-dealkylation sites (N-methyl/N-ethyl adjacent to an activating group) is 1. The number of hydrogen-bond acceptors (Lipinski definition) is 7. The standard InChI is InChI=1S/C25H33FN6O2S2/c1-19(21-3-5-22(26)6-4-21)32-18-27-16-23(32)15-20-7-9-31(10-8-20)36(33,34)24-17-28-25(35-24)30-13-11-29(2)12-14-30/h3,5,15-19H,4,6-14H2,1-2H3. The number of aromatic nitrogens is 3. The highest BCUT2D eigenvalue weighted by molar-refractivity contribution is 7.91.